The van der Waals surface area contributed by atoms with E-state index in [1.165, 1.54) is 0 Å². The molecule has 0 unspecified atom stereocenters. The van der Waals surface area contributed by atoms with E-state index in [0.717, 1.165) is 0 Å². The van der Waals surface area contributed by atoms with Crippen LogP contribution in [-0.4, -0.2) is 31.2 Å². The number of sulfonamides is 1. The fraction of sp³-hybridized carbons (Fsp3) is 0.467. The fourth-order valence-corrected chi connectivity index (χ4v) is 3.07. The number of carboxylic acids is 1. The molecule has 0 atom stereocenters. The van der Waals surface area contributed by atoms with Gasteiger partial charge in [-0.25, -0.2) is 8.42 Å². The van der Waals surface area contributed by atoms with Gasteiger partial charge in [0.15, 0.2) is 0 Å². The molecule has 0 heterocycles. The van der Waals surface area contributed by atoms with Crippen molar-refractivity contribution in [2.45, 2.75) is 39.0 Å². The number of unbranched alkanes of at least 4 members (excludes halogenated alkanes) is 1. The van der Waals surface area contributed by atoms with Gasteiger partial charge in [-0.1, -0.05) is 13.0 Å². The van der Waals surface area contributed by atoms with Crippen LogP contribution in [-0.2, 0) is 19.6 Å². The summed E-state index contributed by atoms with van der Waals surface area (Å²) in [5.41, 5.74) is 0.882. The number of carbonyl (C=O) groups is 2. The van der Waals surface area contributed by atoms with Crippen LogP contribution >= 0.6 is 0 Å². The third kappa shape index (κ3) is 8.20. The average molecular weight is 342 g/mol. The zero-order chi connectivity index (χ0) is 17.3. The number of carbonyl (C=O) groups excluding carboxylic acids is 1. The maximum absolute atomic E-state index is 11.8. The zero-order valence-electron chi connectivity index (χ0n) is 13.0. The molecule has 1 aromatic rings. The van der Waals surface area contributed by atoms with Gasteiger partial charge in [-0.15, -0.1) is 0 Å². The third-order valence-electron chi connectivity index (χ3n) is 2.94. The Labute approximate surface area is 136 Å². The predicted octanol–water partition coefficient (Wildman–Crippen LogP) is 2.42. The first-order valence-electron chi connectivity index (χ1n) is 7.44. The number of rotatable bonds is 10. The van der Waals surface area contributed by atoms with Crippen molar-refractivity contribution >= 4 is 33.3 Å². The lowest BCUT2D eigenvalue weighted by molar-refractivity contribution is -0.137. The lowest BCUT2D eigenvalue weighted by atomic mass is 10.2. The van der Waals surface area contributed by atoms with E-state index in [4.69, 9.17) is 5.11 Å². The number of carboxylic acid groups (broad SMARTS) is 1. The third-order valence-corrected chi connectivity index (χ3v) is 4.43. The van der Waals surface area contributed by atoms with Crippen molar-refractivity contribution in [2.24, 2.45) is 0 Å². The van der Waals surface area contributed by atoms with Crippen molar-refractivity contribution in [1.82, 2.24) is 0 Å². The molecule has 0 saturated heterocycles. The van der Waals surface area contributed by atoms with E-state index < -0.39 is 16.0 Å². The molecule has 0 spiro atoms. The average Bonchev–Trinajstić information content (AvgIpc) is 2.43. The summed E-state index contributed by atoms with van der Waals surface area (Å²) in [6, 6.07) is 6.45. The van der Waals surface area contributed by atoms with Crippen LogP contribution in [0.15, 0.2) is 24.3 Å². The Balaban J connectivity index is 2.53. The Morgan fingerprint density at radius 1 is 1.13 bits per heavy atom. The Bertz CT molecular complexity index is 643. The second-order valence-electron chi connectivity index (χ2n) is 5.15. The number of amides is 1. The molecule has 0 aliphatic heterocycles. The number of anilines is 2. The molecule has 7 nitrogen and oxygen atoms in total. The minimum atomic E-state index is -3.37. The summed E-state index contributed by atoms with van der Waals surface area (Å²) in [6.45, 7) is 1.78. The SMILES string of the molecule is CCCS(=O)(=O)Nc1cccc(NC(=O)CCCCC(=O)O)c1. The topological polar surface area (TPSA) is 113 Å². The van der Waals surface area contributed by atoms with Crippen molar-refractivity contribution in [1.29, 1.82) is 0 Å². The summed E-state index contributed by atoms with van der Waals surface area (Å²) in [7, 11) is -3.37. The van der Waals surface area contributed by atoms with Gasteiger partial charge < -0.3 is 10.4 Å². The molecule has 0 aromatic heterocycles. The van der Waals surface area contributed by atoms with Crippen LogP contribution in [0.25, 0.3) is 0 Å². The van der Waals surface area contributed by atoms with Crippen LogP contribution < -0.4 is 10.0 Å². The van der Waals surface area contributed by atoms with E-state index in [-0.39, 0.29) is 24.5 Å². The molecule has 0 radical (unpaired) electrons. The first-order chi connectivity index (χ1) is 10.8. The van der Waals surface area contributed by atoms with Crippen LogP contribution in [0, 0.1) is 0 Å². The Kier molecular flexibility index (Phi) is 7.53. The molecule has 1 amide bonds. The lowest BCUT2D eigenvalue weighted by Gasteiger charge is -2.10. The van der Waals surface area contributed by atoms with Crippen LogP contribution in [0.5, 0.6) is 0 Å². The van der Waals surface area contributed by atoms with Crippen molar-refractivity contribution < 1.29 is 23.1 Å². The van der Waals surface area contributed by atoms with Gasteiger partial charge >= 0.3 is 5.97 Å². The minimum absolute atomic E-state index is 0.0349. The molecular formula is C15H22N2O5S. The summed E-state index contributed by atoms with van der Waals surface area (Å²) in [4.78, 5) is 22.1. The first kappa shape index (κ1) is 19.0. The lowest BCUT2D eigenvalue weighted by Crippen LogP contribution is -2.16. The normalized spacial score (nSPS) is 11.0. The van der Waals surface area contributed by atoms with E-state index in [1.54, 1.807) is 31.2 Å². The fourth-order valence-electron chi connectivity index (χ4n) is 1.95. The molecule has 128 valence electrons. The van der Waals surface area contributed by atoms with Gasteiger partial charge in [-0.3, -0.25) is 14.3 Å². The minimum Gasteiger partial charge on any atom is -0.481 e. The number of hydrogen-bond acceptors (Lipinski definition) is 4. The van der Waals surface area contributed by atoms with E-state index in [9.17, 15) is 18.0 Å². The van der Waals surface area contributed by atoms with Crippen molar-refractivity contribution in [2.75, 3.05) is 15.8 Å². The van der Waals surface area contributed by atoms with Gasteiger partial charge in [-0.05, 0) is 37.5 Å². The molecule has 0 saturated carbocycles. The quantitative estimate of drug-likeness (QED) is 0.565. The molecule has 8 heteroatoms. The molecule has 0 aliphatic carbocycles. The van der Waals surface area contributed by atoms with Crippen molar-refractivity contribution in [3.8, 4) is 0 Å². The summed E-state index contributed by atoms with van der Waals surface area (Å²) < 4.78 is 25.9. The van der Waals surface area contributed by atoms with Gasteiger partial charge in [0, 0.05) is 18.5 Å². The second-order valence-corrected chi connectivity index (χ2v) is 6.99. The summed E-state index contributed by atoms with van der Waals surface area (Å²) in [6.07, 6.45) is 1.71. The number of benzene rings is 1. The highest BCUT2D eigenvalue weighted by atomic mass is 32.2. The number of aliphatic carboxylic acids is 1. The summed E-state index contributed by atoms with van der Waals surface area (Å²) >= 11 is 0. The molecule has 23 heavy (non-hydrogen) atoms. The monoisotopic (exact) mass is 342 g/mol. The van der Waals surface area contributed by atoms with Gasteiger partial charge in [0.05, 0.1) is 11.4 Å². The highest BCUT2D eigenvalue weighted by Gasteiger charge is 2.09. The van der Waals surface area contributed by atoms with Crippen LogP contribution in [0.4, 0.5) is 11.4 Å². The Morgan fingerprint density at radius 2 is 1.78 bits per heavy atom. The van der Waals surface area contributed by atoms with E-state index >= 15 is 0 Å². The maximum Gasteiger partial charge on any atom is 0.303 e. The smallest absolute Gasteiger partial charge is 0.303 e. The van der Waals surface area contributed by atoms with E-state index in [1.807, 2.05) is 0 Å². The molecule has 3 N–H and O–H groups in total. The van der Waals surface area contributed by atoms with Crippen LogP contribution in [0.3, 0.4) is 0 Å². The highest BCUT2D eigenvalue weighted by molar-refractivity contribution is 7.92. The van der Waals surface area contributed by atoms with Gasteiger partial charge in [-0.2, -0.15) is 0 Å². The van der Waals surface area contributed by atoms with E-state index in [2.05, 4.69) is 10.0 Å². The van der Waals surface area contributed by atoms with Crippen LogP contribution in [0.1, 0.15) is 39.0 Å². The summed E-state index contributed by atoms with van der Waals surface area (Å²) in [5.74, 6) is -1.07. The second kappa shape index (κ2) is 9.14. The molecule has 0 aliphatic rings. The van der Waals surface area contributed by atoms with Gasteiger partial charge in [0.1, 0.15) is 0 Å². The molecule has 1 rings (SSSR count). The van der Waals surface area contributed by atoms with Crippen molar-refractivity contribution in [3.05, 3.63) is 24.3 Å². The van der Waals surface area contributed by atoms with Gasteiger partial charge in [0.25, 0.3) is 0 Å². The zero-order valence-corrected chi connectivity index (χ0v) is 13.9. The Hall–Kier alpha value is -2.09. The largest absolute Gasteiger partial charge is 0.481 e. The predicted molar refractivity (Wildman–Crippen MR) is 88.9 cm³/mol. The number of hydrogen-bond donors (Lipinski definition) is 3. The Morgan fingerprint density at radius 3 is 2.43 bits per heavy atom. The molecular weight excluding hydrogens is 320 g/mol. The highest BCUT2D eigenvalue weighted by Crippen LogP contribution is 2.17. The molecule has 1 aromatic carbocycles. The maximum atomic E-state index is 11.8. The summed E-state index contributed by atoms with van der Waals surface area (Å²) in [5, 5.41) is 11.2. The van der Waals surface area contributed by atoms with Crippen molar-refractivity contribution in [3.63, 3.8) is 0 Å². The van der Waals surface area contributed by atoms with Crippen LogP contribution in [0.2, 0.25) is 0 Å². The molecule has 0 bridgehead atoms. The van der Waals surface area contributed by atoms with E-state index in [0.29, 0.717) is 30.6 Å². The van der Waals surface area contributed by atoms with Gasteiger partial charge in [0.2, 0.25) is 15.9 Å². The first-order valence-corrected chi connectivity index (χ1v) is 9.10. The molecule has 0 fully saturated rings. The standard InChI is InChI=1S/C15H22N2O5S/c1-2-10-23(21,22)17-13-7-5-6-12(11-13)16-14(18)8-3-4-9-15(19)20/h5-7,11,17H,2-4,8-10H2,1H3,(H,16,18)(H,19,20). The number of nitrogens with one attached hydrogen (secondary N) is 2.